The Morgan fingerprint density at radius 1 is 1.11 bits per heavy atom. The molecule has 0 radical (unpaired) electrons. The van der Waals surface area contributed by atoms with Crippen LogP contribution in [0.15, 0.2) is 48.5 Å². The summed E-state index contributed by atoms with van der Waals surface area (Å²) in [5, 5.41) is 2.99. The van der Waals surface area contributed by atoms with Gasteiger partial charge in [-0.15, -0.1) is 12.4 Å². The van der Waals surface area contributed by atoms with Crippen LogP contribution in [0.4, 0.5) is 0 Å². The maximum atomic E-state index is 12.0. The Morgan fingerprint density at radius 3 is 2.44 bits per heavy atom. The summed E-state index contributed by atoms with van der Waals surface area (Å²) in [6.07, 6.45) is 1.10. The van der Waals surface area contributed by atoms with Gasteiger partial charge in [-0.2, -0.15) is 0 Å². The average Bonchev–Trinajstić information content (AvgIpc) is 2.65. The minimum Gasteiger partial charge on any atom is -0.493 e. The van der Waals surface area contributed by atoms with E-state index >= 15 is 0 Å². The Bertz CT molecular complexity index is 708. The molecule has 148 valence electrons. The molecule has 0 aliphatic carbocycles. The molecule has 3 N–H and O–H groups in total. The first-order valence-corrected chi connectivity index (χ1v) is 8.89. The van der Waals surface area contributed by atoms with Gasteiger partial charge in [-0.3, -0.25) is 4.79 Å². The SMILES string of the molecule is COc1cc(C(C)NC(=O)CCC(C)N)ccc1OCc1ccccc1.Cl. The van der Waals surface area contributed by atoms with Crippen LogP contribution in [0.5, 0.6) is 11.5 Å². The minimum atomic E-state index is -0.118. The molecule has 0 aromatic heterocycles. The number of ether oxygens (including phenoxy) is 2. The van der Waals surface area contributed by atoms with Crippen molar-refractivity contribution in [3.8, 4) is 11.5 Å². The van der Waals surface area contributed by atoms with Crippen molar-refractivity contribution in [3.05, 3.63) is 59.7 Å². The first-order valence-electron chi connectivity index (χ1n) is 8.89. The quantitative estimate of drug-likeness (QED) is 0.676. The lowest BCUT2D eigenvalue weighted by Crippen LogP contribution is -2.28. The van der Waals surface area contributed by atoms with Crippen molar-refractivity contribution in [1.82, 2.24) is 5.32 Å². The van der Waals surface area contributed by atoms with Crippen molar-refractivity contribution in [3.63, 3.8) is 0 Å². The molecule has 27 heavy (non-hydrogen) atoms. The number of nitrogens with one attached hydrogen (secondary N) is 1. The van der Waals surface area contributed by atoms with Crippen LogP contribution in [0.3, 0.4) is 0 Å². The van der Waals surface area contributed by atoms with Gasteiger partial charge in [-0.1, -0.05) is 36.4 Å². The molecular formula is C21H29ClN2O3. The smallest absolute Gasteiger partial charge is 0.220 e. The van der Waals surface area contributed by atoms with Gasteiger partial charge in [-0.05, 0) is 43.5 Å². The lowest BCUT2D eigenvalue weighted by Gasteiger charge is -2.17. The maximum Gasteiger partial charge on any atom is 0.220 e. The van der Waals surface area contributed by atoms with Gasteiger partial charge >= 0.3 is 0 Å². The molecule has 6 heteroatoms. The standard InChI is InChI=1S/C21H28N2O3.ClH/c1-15(22)9-12-21(24)23-16(2)18-10-11-19(20(13-18)25-3)26-14-17-7-5-4-6-8-17;/h4-8,10-11,13,15-16H,9,12,14,22H2,1-3H3,(H,23,24);1H. The van der Waals surface area contributed by atoms with E-state index in [9.17, 15) is 4.79 Å². The van der Waals surface area contributed by atoms with Crippen LogP contribution in [-0.2, 0) is 11.4 Å². The molecule has 0 saturated heterocycles. The van der Waals surface area contributed by atoms with Crippen molar-refractivity contribution < 1.29 is 14.3 Å². The third kappa shape index (κ3) is 7.49. The third-order valence-electron chi connectivity index (χ3n) is 4.13. The number of amides is 1. The van der Waals surface area contributed by atoms with E-state index < -0.39 is 0 Å². The van der Waals surface area contributed by atoms with Crippen molar-refractivity contribution in [2.75, 3.05) is 7.11 Å². The lowest BCUT2D eigenvalue weighted by atomic mass is 10.1. The van der Waals surface area contributed by atoms with E-state index in [2.05, 4.69) is 5.32 Å². The predicted molar refractivity (Wildman–Crippen MR) is 110 cm³/mol. The van der Waals surface area contributed by atoms with Gasteiger partial charge in [0.25, 0.3) is 0 Å². The van der Waals surface area contributed by atoms with Gasteiger partial charge < -0.3 is 20.5 Å². The highest BCUT2D eigenvalue weighted by molar-refractivity contribution is 5.85. The Balaban J connectivity index is 0.00000364. The van der Waals surface area contributed by atoms with E-state index in [-0.39, 0.29) is 30.4 Å². The molecule has 2 rings (SSSR count). The highest BCUT2D eigenvalue weighted by Gasteiger charge is 2.13. The molecule has 0 saturated carbocycles. The molecule has 0 fully saturated rings. The summed E-state index contributed by atoms with van der Waals surface area (Å²) in [6, 6.07) is 15.6. The largest absolute Gasteiger partial charge is 0.493 e. The summed E-state index contributed by atoms with van der Waals surface area (Å²) in [7, 11) is 1.61. The van der Waals surface area contributed by atoms with Crippen LogP contribution >= 0.6 is 12.4 Å². The van der Waals surface area contributed by atoms with Crippen LogP contribution < -0.4 is 20.5 Å². The van der Waals surface area contributed by atoms with Gasteiger partial charge in [0.1, 0.15) is 6.61 Å². The van der Waals surface area contributed by atoms with E-state index in [4.69, 9.17) is 15.2 Å². The molecule has 0 aliphatic heterocycles. The van der Waals surface area contributed by atoms with Gasteiger partial charge in [0.05, 0.1) is 13.2 Å². The molecule has 5 nitrogen and oxygen atoms in total. The Labute approximate surface area is 167 Å². The number of nitrogens with two attached hydrogens (primary N) is 1. The van der Waals surface area contributed by atoms with E-state index in [1.54, 1.807) is 7.11 Å². The van der Waals surface area contributed by atoms with Gasteiger partial charge in [0, 0.05) is 12.5 Å². The number of hydrogen-bond donors (Lipinski definition) is 2. The topological polar surface area (TPSA) is 73.6 Å². The minimum absolute atomic E-state index is 0. The number of carbonyl (C=O) groups excluding carboxylic acids is 1. The van der Waals surface area contributed by atoms with Crippen LogP contribution in [0.2, 0.25) is 0 Å². The summed E-state index contributed by atoms with van der Waals surface area (Å²) in [5.41, 5.74) is 7.75. The van der Waals surface area contributed by atoms with Crippen molar-refractivity contribution in [2.45, 2.75) is 45.4 Å². The number of carbonyl (C=O) groups is 1. The fourth-order valence-corrected chi connectivity index (χ4v) is 2.56. The van der Waals surface area contributed by atoms with E-state index in [0.717, 1.165) is 11.1 Å². The summed E-state index contributed by atoms with van der Waals surface area (Å²) >= 11 is 0. The highest BCUT2D eigenvalue weighted by atomic mass is 35.5. The third-order valence-corrected chi connectivity index (χ3v) is 4.13. The van der Waals surface area contributed by atoms with Crippen LogP contribution in [0.25, 0.3) is 0 Å². The van der Waals surface area contributed by atoms with Gasteiger partial charge in [-0.25, -0.2) is 0 Å². The van der Waals surface area contributed by atoms with E-state index in [0.29, 0.717) is 30.9 Å². The van der Waals surface area contributed by atoms with Crippen LogP contribution in [0.1, 0.15) is 43.9 Å². The van der Waals surface area contributed by atoms with Crippen LogP contribution in [-0.4, -0.2) is 19.1 Å². The zero-order valence-corrected chi connectivity index (χ0v) is 16.9. The highest BCUT2D eigenvalue weighted by Crippen LogP contribution is 2.31. The molecule has 1 amide bonds. The Morgan fingerprint density at radius 2 is 1.81 bits per heavy atom. The first-order chi connectivity index (χ1) is 12.5. The number of benzene rings is 2. The monoisotopic (exact) mass is 392 g/mol. The van der Waals surface area contributed by atoms with Crippen molar-refractivity contribution in [2.24, 2.45) is 5.73 Å². The second-order valence-electron chi connectivity index (χ2n) is 6.49. The summed E-state index contributed by atoms with van der Waals surface area (Å²) in [4.78, 5) is 12.0. The zero-order chi connectivity index (χ0) is 18.9. The average molecular weight is 393 g/mol. The predicted octanol–water partition coefficient (Wildman–Crippen LogP) is 4.00. The van der Waals surface area contributed by atoms with Gasteiger partial charge in [0.15, 0.2) is 11.5 Å². The first kappa shape index (κ1) is 22.8. The fourth-order valence-electron chi connectivity index (χ4n) is 2.56. The Kier molecular flexibility index (Phi) is 9.68. The van der Waals surface area contributed by atoms with E-state index in [1.807, 2.05) is 62.4 Å². The van der Waals surface area contributed by atoms with E-state index in [1.165, 1.54) is 0 Å². The second kappa shape index (κ2) is 11.5. The van der Waals surface area contributed by atoms with Crippen molar-refractivity contribution >= 4 is 18.3 Å². The molecule has 0 spiro atoms. The normalized spacial score (nSPS) is 12.4. The molecule has 0 aliphatic rings. The molecule has 2 aromatic carbocycles. The van der Waals surface area contributed by atoms with Gasteiger partial charge in [0.2, 0.25) is 5.91 Å². The zero-order valence-electron chi connectivity index (χ0n) is 16.1. The number of halogens is 1. The van der Waals surface area contributed by atoms with Crippen molar-refractivity contribution in [1.29, 1.82) is 0 Å². The molecule has 0 bridgehead atoms. The summed E-state index contributed by atoms with van der Waals surface area (Å²) in [6.45, 7) is 4.32. The Hall–Kier alpha value is -2.24. The molecule has 2 unspecified atom stereocenters. The molecule has 2 atom stereocenters. The summed E-state index contributed by atoms with van der Waals surface area (Å²) < 4.78 is 11.3. The number of rotatable bonds is 9. The molecule has 0 heterocycles. The molecular weight excluding hydrogens is 364 g/mol. The second-order valence-corrected chi connectivity index (χ2v) is 6.49. The van der Waals surface area contributed by atoms with Crippen LogP contribution in [0, 0.1) is 0 Å². The number of hydrogen-bond acceptors (Lipinski definition) is 4. The fraction of sp³-hybridized carbons (Fsp3) is 0.381. The maximum absolute atomic E-state index is 12.0. The summed E-state index contributed by atoms with van der Waals surface area (Å²) in [5.74, 6) is 1.32. The number of methoxy groups -OCH3 is 1. The molecule has 2 aromatic rings. The lowest BCUT2D eigenvalue weighted by molar-refractivity contribution is -0.121.